The van der Waals surface area contributed by atoms with Gasteiger partial charge in [0.1, 0.15) is 24.6 Å². The highest BCUT2D eigenvalue weighted by molar-refractivity contribution is 5.53. The number of ether oxygens (including phenoxy) is 3. The van der Waals surface area contributed by atoms with Crippen molar-refractivity contribution >= 4 is 0 Å². The Morgan fingerprint density at radius 3 is 2.50 bits per heavy atom. The zero-order valence-electron chi connectivity index (χ0n) is 13.9. The van der Waals surface area contributed by atoms with Gasteiger partial charge >= 0.3 is 0 Å². The van der Waals surface area contributed by atoms with Crippen LogP contribution in [-0.4, -0.2) is 50.9 Å². The molecule has 2 aliphatic rings. The van der Waals surface area contributed by atoms with Crippen molar-refractivity contribution in [3.8, 4) is 17.2 Å². The zero-order chi connectivity index (χ0) is 15.7. The molecule has 0 bridgehead atoms. The minimum atomic E-state index is -0.188. The normalized spacial score (nSPS) is 22.1. The van der Waals surface area contributed by atoms with Crippen molar-refractivity contribution < 1.29 is 14.2 Å². The highest BCUT2D eigenvalue weighted by atomic mass is 16.6. The van der Waals surface area contributed by atoms with Gasteiger partial charge in [0, 0.05) is 37.2 Å². The summed E-state index contributed by atoms with van der Waals surface area (Å²) in [7, 11) is 4.18. The summed E-state index contributed by atoms with van der Waals surface area (Å²) in [6, 6.07) is 4.33. The van der Waals surface area contributed by atoms with E-state index in [0.29, 0.717) is 13.2 Å². The summed E-state index contributed by atoms with van der Waals surface area (Å²) in [5, 5.41) is 3.65. The molecule has 1 N–H and O–H groups in total. The van der Waals surface area contributed by atoms with E-state index in [-0.39, 0.29) is 11.6 Å². The van der Waals surface area contributed by atoms with E-state index in [1.54, 1.807) is 0 Å². The first-order chi connectivity index (χ1) is 10.4. The number of hydrogen-bond acceptors (Lipinski definition) is 5. The molecule has 3 rings (SSSR count). The van der Waals surface area contributed by atoms with Gasteiger partial charge in [-0.3, -0.25) is 0 Å². The van der Waals surface area contributed by atoms with Crippen molar-refractivity contribution in [1.29, 1.82) is 0 Å². The standard InChI is InChI=1S/C17H26N2O3/c1-17(2)11-13(18-5-6-19(3)4)12-9-15-16(10-14(12)22-17)21-8-7-20-15/h9-10,13,18H,5-8,11H2,1-4H3. The molecule has 2 aliphatic heterocycles. The predicted molar refractivity (Wildman–Crippen MR) is 86.1 cm³/mol. The van der Waals surface area contributed by atoms with Gasteiger partial charge in [-0.1, -0.05) is 0 Å². The maximum atomic E-state index is 6.16. The summed E-state index contributed by atoms with van der Waals surface area (Å²) >= 11 is 0. The summed E-state index contributed by atoms with van der Waals surface area (Å²) in [6.45, 7) is 7.43. The van der Waals surface area contributed by atoms with E-state index in [4.69, 9.17) is 14.2 Å². The molecule has 1 atom stereocenters. The summed E-state index contributed by atoms with van der Waals surface area (Å²) in [5.41, 5.74) is 0.981. The molecule has 0 saturated heterocycles. The average Bonchev–Trinajstić information content (AvgIpc) is 2.44. The van der Waals surface area contributed by atoms with Gasteiger partial charge in [-0.05, 0) is 34.0 Å². The Balaban J connectivity index is 1.86. The third kappa shape index (κ3) is 3.31. The number of likely N-dealkylation sites (N-methyl/N-ethyl adjacent to an activating group) is 1. The van der Waals surface area contributed by atoms with Crippen molar-refractivity contribution in [3.63, 3.8) is 0 Å². The van der Waals surface area contributed by atoms with E-state index in [0.717, 1.165) is 36.8 Å². The molecule has 0 aliphatic carbocycles. The highest BCUT2D eigenvalue weighted by Gasteiger charge is 2.35. The number of nitrogens with one attached hydrogen (secondary N) is 1. The monoisotopic (exact) mass is 306 g/mol. The van der Waals surface area contributed by atoms with Crippen LogP contribution in [0.5, 0.6) is 17.2 Å². The number of nitrogens with zero attached hydrogens (tertiary/aromatic N) is 1. The number of benzene rings is 1. The quantitative estimate of drug-likeness (QED) is 0.924. The molecule has 1 aromatic rings. The lowest BCUT2D eigenvalue weighted by Crippen LogP contribution is -2.41. The SMILES string of the molecule is CN(C)CCNC1CC(C)(C)Oc2cc3c(cc21)OCCO3. The average molecular weight is 306 g/mol. The molecule has 22 heavy (non-hydrogen) atoms. The van der Waals surface area contributed by atoms with Crippen molar-refractivity contribution in [2.75, 3.05) is 40.4 Å². The summed E-state index contributed by atoms with van der Waals surface area (Å²) in [6.07, 6.45) is 0.938. The minimum Gasteiger partial charge on any atom is -0.487 e. The summed E-state index contributed by atoms with van der Waals surface area (Å²) in [4.78, 5) is 2.18. The molecular weight excluding hydrogens is 280 g/mol. The first-order valence-corrected chi connectivity index (χ1v) is 7.95. The summed E-state index contributed by atoms with van der Waals surface area (Å²) in [5.74, 6) is 2.52. The van der Waals surface area contributed by atoms with Crippen LogP contribution < -0.4 is 19.5 Å². The number of fused-ring (bicyclic) bond motifs is 2. The van der Waals surface area contributed by atoms with E-state index >= 15 is 0 Å². The Morgan fingerprint density at radius 2 is 1.82 bits per heavy atom. The number of rotatable bonds is 4. The lowest BCUT2D eigenvalue weighted by molar-refractivity contribution is 0.0642. The second-order valence-corrected chi connectivity index (χ2v) is 6.91. The molecule has 0 spiro atoms. The van der Waals surface area contributed by atoms with Crippen LogP contribution >= 0.6 is 0 Å². The Bertz CT molecular complexity index is 543. The molecule has 0 radical (unpaired) electrons. The van der Waals surface area contributed by atoms with Crippen LogP contribution in [0.1, 0.15) is 31.9 Å². The van der Waals surface area contributed by atoms with Crippen LogP contribution in [0.4, 0.5) is 0 Å². The topological polar surface area (TPSA) is 43.0 Å². The van der Waals surface area contributed by atoms with Gasteiger partial charge in [-0.2, -0.15) is 0 Å². The highest BCUT2D eigenvalue weighted by Crippen LogP contribution is 2.45. The van der Waals surface area contributed by atoms with Gasteiger partial charge < -0.3 is 24.4 Å². The molecule has 0 amide bonds. The molecule has 0 saturated carbocycles. The predicted octanol–water partition coefficient (Wildman–Crippen LogP) is 2.21. The number of hydrogen-bond donors (Lipinski definition) is 1. The minimum absolute atomic E-state index is 0.188. The molecule has 122 valence electrons. The van der Waals surface area contributed by atoms with Gasteiger partial charge in [-0.15, -0.1) is 0 Å². The fourth-order valence-electron chi connectivity index (χ4n) is 3.03. The smallest absolute Gasteiger partial charge is 0.165 e. The summed E-state index contributed by atoms with van der Waals surface area (Å²) < 4.78 is 17.5. The molecule has 5 heteroatoms. The lowest BCUT2D eigenvalue weighted by atomic mass is 9.89. The van der Waals surface area contributed by atoms with Gasteiger partial charge in [0.15, 0.2) is 11.5 Å². The largest absolute Gasteiger partial charge is 0.487 e. The van der Waals surface area contributed by atoms with Crippen molar-refractivity contribution in [2.45, 2.75) is 31.9 Å². The lowest BCUT2D eigenvalue weighted by Gasteiger charge is -2.39. The molecule has 5 nitrogen and oxygen atoms in total. The Labute approximate surface area is 132 Å². The maximum Gasteiger partial charge on any atom is 0.165 e. The molecule has 2 heterocycles. The second kappa shape index (κ2) is 5.97. The van der Waals surface area contributed by atoms with Crippen molar-refractivity contribution in [1.82, 2.24) is 10.2 Å². The van der Waals surface area contributed by atoms with Crippen LogP contribution in [-0.2, 0) is 0 Å². The van der Waals surface area contributed by atoms with Crippen molar-refractivity contribution in [2.24, 2.45) is 0 Å². The van der Waals surface area contributed by atoms with Crippen LogP contribution in [0, 0.1) is 0 Å². The van der Waals surface area contributed by atoms with E-state index in [1.807, 2.05) is 6.07 Å². The van der Waals surface area contributed by atoms with E-state index < -0.39 is 0 Å². The van der Waals surface area contributed by atoms with E-state index in [1.165, 1.54) is 5.56 Å². The molecule has 1 aromatic carbocycles. The molecular formula is C17H26N2O3. The third-order valence-electron chi connectivity index (χ3n) is 4.08. The zero-order valence-corrected chi connectivity index (χ0v) is 13.9. The van der Waals surface area contributed by atoms with E-state index in [2.05, 4.69) is 44.2 Å². The van der Waals surface area contributed by atoms with Gasteiger partial charge in [0.2, 0.25) is 0 Å². The van der Waals surface area contributed by atoms with Gasteiger partial charge in [0.05, 0.1) is 0 Å². The molecule has 0 aromatic heterocycles. The van der Waals surface area contributed by atoms with Crippen LogP contribution in [0.2, 0.25) is 0 Å². The first-order valence-electron chi connectivity index (χ1n) is 7.95. The van der Waals surface area contributed by atoms with Crippen LogP contribution in [0.15, 0.2) is 12.1 Å². The Kier molecular flexibility index (Phi) is 4.19. The fourth-order valence-corrected chi connectivity index (χ4v) is 3.03. The molecule has 0 fully saturated rings. The second-order valence-electron chi connectivity index (χ2n) is 6.91. The van der Waals surface area contributed by atoms with E-state index in [9.17, 15) is 0 Å². The Morgan fingerprint density at radius 1 is 1.14 bits per heavy atom. The Hall–Kier alpha value is -1.46. The molecule has 1 unspecified atom stereocenters. The fraction of sp³-hybridized carbons (Fsp3) is 0.647. The van der Waals surface area contributed by atoms with Gasteiger partial charge in [-0.25, -0.2) is 0 Å². The van der Waals surface area contributed by atoms with Gasteiger partial charge in [0.25, 0.3) is 0 Å². The third-order valence-corrected chi connectivity index (χ3v) is 4.08. The van der Waals surface area contributed by atoms with Crippen LogP contribution in [0.25, 0.3) is 0 Å². The van der Waals surface area contributed by atoms with Crippen LogP contribution in [0.3, 0.4) is 0 Å². The first kappa shape index (κ1) is 15.4. The van der Waals surface area contributed by atoms with Crippen molar-refractivity contribution in [3.05, 3.63) is 17.7 Å². The maximum absolute atomic E-state index is 6.16.